The maximum absolute atomic E-state index is 12.8. The number of aryl methyl sites for hydroxylation is 1. The number of nitrogens with one attached hydrogen (secondary N) is 2. The molecule has 3 aromatic rings. The Morgan fingerprint density at radius 2 is 1.77 bits per heavy atom. The largest absolute Gasteiger partial charge is 0.497 e. The second-order valence-electron chi connectivity index (χ2n) is 6.55. The minimum absolute atomic E-state index is 0.110. The number of methoxy groups -OCH3 is 1. The first-order valence-electron chi connectivity index (χ1n) is 9.20. The molecular weight excluding hydrogens is 424 g/mol. The van der Waals surface area contributed by atoms with Gasteiger partial charge >= 0.3 is 0 Å². The molecule has 0 radical (unpaired) electrons. The van der Waals surface area contributed by atoms with Crippen molar-refractivity contribution >= 4 is 32.4 Å². The maximum atomic E-state index is 12.8. The molecule has 1 aromatic heterocycles. The molecule has 1 amide bonds. The van der Waals surface area contributed by atoms with Gasteiger partial charge in [-0.25, -0.2) is 13.1 Å². The van der Waals surface area contributed by atoms with Gasteiger partial charge in [0.25, 0.3) is 15.9 Å². The number of aromatic nitrogens is 2. The number of hydrogen-bond donors (Lipinski definition) is 2. The number of carbonyl (C=O) groups is 1. The quantitative estimate of drug-likeness (QED) is 0.512. The number of rotatable bonds is 8. The van der Waals surface area contributed by atoms with E-state index in [0.29, 0.717) is 17.7 Å². The van der Waals surface area contributed by atoms with Gasteiger partial charge in [-0.15, -0.1) is 10.2 Å². The lowest BCUT2D eigenvalue weighted by Gasteiger charge is -2.16. The molecule has 0 saturated carbocycles. The Morgan fingerprint density at radius 1 is 1.10 bits per heavy atom. The average molecular weight is 447 g/mol. The van der Waals surface area contributed by atoms with Crippen LogP contribution in [0, 0.1) is 6.92 Å². The van der Waals surface area contributed by atoms with Crippen LogP contribution in [0.25, 0.3) is 0 Å². The highest BCUT2D eigenvalue weighted by molar-refractivity contribution is 7.91. The fraction of sp³-hybridized carbons (Fsp3) is 0.250. The number of ether oxygens (including phenoxy) is 1. The molecule has 158 valence electrons. The first kappa shape index (κ1) is 21.9. The predicted molar refractivity (Wildman–Crippen MR) is 115 cm³/mol. The van der Waals surface area contributed by atoms with E-state index in [4.69, 9.17) is 4.74 Å². The van der Waals surface area contributed by atoms with E-state index in [1.54, 1.807) is 31.4 Å². The van der Waals surface area contributed by atoms with Gasteiger partial charge in [0.15, 0.2) is 0 Å². The van der Waals surface area contributed by atoms with Gasteiger partial charge in [-0.1, -0.05) is 48.1 Å². The third-order valence-electron chi connectivity index (χ3n) is 4.39. The van der Waals surface area contributed by atoms with Crippen LogP contribution in [0.5, 0.6) is 5.75 Å². The third kappa shape index (κ3) is 5.21. The molecule has 3 rings (SSSR count). The summed E-state index contributed by atoms with van der Waals surface area (Å²) in [6.07, 6.45) is 0.543. The number of anilines is 1. The predicted octanol–water partition coefficient (Wildman–Crippen LogP) is 3.54. The summed E-state index contributed by atoms with van der Waals surface area (Å²) in [7, 11) is -2.34. The molecule has 0 aliphatic heterocycles. The Bertz CT molecular complexity index is 1110. The van der Waals surface area contributed by atoms with E-state index in [1.165, 1.54) is 0 Å². The Hall–Kier alpha value is -2.82. The Kier molecular flexibility index (Phi) is 6.80. The molecule has 2 aromatic carbocycles. The van der Waals surface area contributed by atoms with Crippen LogP contribution in [0.1, 0.15) is 40.9 Å². The van der Waals surface area contributed by atoms with Crippen molar-refractivity contribution in [3.8, 4) is 5.75 Å². The second-order valence-corrected chi connectivity index (χ2v) is 9.41. The van der Waals surface area contributed by atoms with E-state index in [9.17, 15) is 13.2 Å². The molecule has 10 heteroatoms. The number of amides is 1. The minimum Gasteiger partial charge on any atom is -0.497 e. The molecule has 0 saturated heterocycles. The first-order valence-corrected chi connectivity index (χ1v) is 11.5. The zero-order chi connectivity index (χ0) is 21.7. The molecule has 0 fully saturated rings. The Labute approximate surface area is 179 Å². The van der Waals surface area contributed by atoms with Crippen LogP contribution in [0.2, 0.25) is 0 Å². The molecule has 2 N–H and O–H groups in total. The monoisotopic (exact) mass is 446 g/mol. The number of nitrogens with zero attached hydrogens (tertiary/aromatic N) is 2. The van der Waals surface area contributed by atoms with Gasteiger partial charge in [-0.05, 0) is 43.2 Å². The van der Waals surface area contributed by atoms with Gasteiger partial charge in [0.1, 0.15) is 5.75 Å². The lowest BCUT2D eigenvalue weighted by atomic mass is 10.1. The van der Waals surface area contributed by atoms with Crippen molar-refractivity contribution in [1.29, 1.82) is 0 Å². The lowest BCUT2D eigenvalue weighted by molar-refractivity contribution is 0.102. The minimum atomic E-state index is -3.91. The summed E-state index contributed by atoms with van der Waals surface area (Å²) in [6.45, 7) is 3.80. The number of sulfonamides is 1. The fourth-order valence-corrected chi connectivity index (χ4v) is 4.92. The molecule has 0 aliphatic rings. The molecule has 0 unspecified atom stereocenters. The number of benzene rings is 2. The van der Waals surface area contributed by atoms with Crippen LogP contribution < -0.4 is 14.8 Å². The van der Waals surface area contributed by atoms with Gasteiger partial charge in [0, 0.05) is 11.6 Å². The Morgan fingerprint density at radius 3 is 2.37 bits per heavy atom. The van der Waals surface area contributed by atoms with Gasteiger partial charge in [-0.2, -0.15) is 0 Å². The summed E-state index contributed by atoms with van der Waals surface area (Å²) in [5.41, 5.74) is 2.28. The van der Waals surface area contributed by atoms with Gasteiger partial charge in [-0.3, -0.25) is 10.1 Å². The maximum Gasteiger partial charge on any atom is 0.270 e. The van der Waals surface area contributed by atoms with E-state index in [0.717, 1.165) is 22.5 Å². The summed E-state index contributed by atoms with van der Waals surface area (Å²) in [5, 5.41) is 10.2. The SMILES string of the molecule is CC[C@@H](NS(=O)(=O)c1nnc(NC(=O)c2ccc(C)cc2)s1)c1ccc(OC)cc1. The van der Waals surface area contributed by atoms with E-state index in [1.807, 2.05) is 38.1 Å². The molecule has 1 heterocycles. The van der Waals surface area contributed by atoms with Gasteiger partial charge in [0.2, 0.25) is 9.47 Å². The highest BCUT2D eigenvalue weighted by Gasteiger charge is 2.25. The van der Waals surface area contributed by atoms with Crippen LogP contribution in [-0.2, 0) is 10.0 Å². The molecule has 0 spiro atoms. The van der Waals surface area contributed by atoms with E-state index in [2.05, 4.69) is 20.2 Å². The van der Waals surface area contributed by atoms with Gasteiger partial charge in [0.05, 0.1) is 7.11 Å². The van der Waals surface area contributed by atoms with Crippen molar-refractivity contribution in [2.24, 2.45) is 0 Å². The van der Waals surface area contributed by atoms with Crippen LogP contribution in [-0.4, -0.2) is 31.6 Å². The summed E-state index contributed by atoms with van der Waals surface area (Å²) in [5.74, 6) is 0.308. The smallest absolute Gasteiger partial charge is 0.270 e. The normalized spacial score (nSPS) is 12.4. The van der Waals surface area contributed by atoms with Crippen molar-refractivity contribution in [3.63, 3.8) is 0 Å². The summed E-state index contributed by atoms with van der Waals surface area (Å²) >= 11 is 0.795. The topological polar surface area (TPSA) is 110 Å². The van der Waals surface area contributed by atoms with Crippen LogP contribution in [0.15, 0.2) is 52.9 Å². The van der Waals surface area contributed by atoms with Gasteiger partial charge < -0.3 is 4.74 Å². The zero-order valence-corrected chi connectivity index (χ0v) is 18.4. The molecule has 1 atom stereocenters. The summed E-state index contributed by atoms with van der Waals surface area (Å²) in [4.78, 5) is 12.3. The third-order valence-corrected chi connectivity index (χ3v) is 7.07. The van der Waals surface area contributed by atoms with E-state index >= 15 is 0 Å². The second kappa shape index (κ2) is 9.33. The zero-order valence-electron chi connectivity index (χ0n) is 16.7. The van der Waals surface area contributed by atoms with Crippen molar-refractivity contribution in [2.45, 2.75) is 30.6 Å². The molecule has 30 heavy (non-hydrogen) atoms. The summed E-state index contributed by atoms with van der Waals surface area (Å²) < 4.78 is 33.1. The molecular formula is C20H22N4O4S2. The van der Waals surface area contributed by atoms with E-state index < -0.39 is 16.1 Å². The van der Waals surface area contributed by atoms with Crippen LogP contribution in [0.4, 0.5) is 5.13 Å². The summed E-state index contributed by atoms with van der Waals surface area (Å²) in [6, 6.07) is 13.7. The van der Waals surface area contributed by atoms with Crippen LogP contribution >= 0.6 is 11.3 Å². The first-order chi connectivity index (χ1) is 14.3. The standard InChI is InChI=1S/C20H22N4O4S2/c1-4-17(14-9-11-16(28-3)12-10-14)24-30(26,27)20-23-22-19(29-20)21-18(25)15-7-5-13(2)6-8-15/h5-12,17,24H,4H2,1-3H3,(H,21,22,25)/t17-/m1/s1. The number of carbonyl (C=O) groups excluding carboxylic acids is 1. The average Bonchev–Trinajstić information content (AvgIpc) is 3.22. The van der Waals surface area contributed by atoms with Crippen LogP contribution in [0.3, 0.4) is 0 Å². The number of hydrogen-bond acceptors (Lipinski definition) is 7. The Balaban J connectivity index is 1.72. The molecule has 0 bridgehead atoms. The van der Waals surface area contributed by atoms with E-state index in [-0.39, 0.29) is 15.4 Å². The highest BCUT2D eigenvalue weighted by atomic mass is 32.2. The van der Waals surface area contributed by atoms with Crippen molar-refractivity contribution in [3.05, 3.63) is 65.2 Å². The lowest BCUT2D eigenvalue weighted by Crippen LogP contribution is -2.28. The molecule has 8 nitrogen and oxygen atoms in total. The highest BCUT2D eigenvalue weighted by Crippen LogP contribution is 2.25. The molecule has 0 aliphatic carbocycles. The fourth-order valence-electron chi connectivity index (χ4n) is 2.70. The van der Waals surface area contributed by atoms with Crippen molar-refractivity contribution in [1.82, 2.24) is 14.9 Å². The van der Waals surface area contributed by atoms with Crippen molar-refractivity contribution < 1.29 is 17.9 Å². The van der Waals surface area contributed by atoms with Crippen molar-refractivity contribution in [2.75, 3.05) is 12.4 Å².